The fraction of sp³-hybridized carbons (Fsp3) is 0.0909. The van der Waals surface area contributed by atoms with Crippen molar-refractivity contribution in [3.63, 3.8) is 0 Å². The van der Waals surface area contributed by atoms with Crippen LogP contribution in [-0.4, -0.2) is 9.67 Å². The van der Waals surface area contributed by atoms with Crippen molar-refractivity contribution in [2.24, 2.45) is 12.0 Å². The fourth-order valence-corrected chi connectivity index (χ4v) is 3.16. The van der Waals surface area contributed by atoms with Gasteiger partial charge in [-0.25, -0.2) is 14.2 Å². The lowest BCUT2D eigenvalue weighted by Gasteiger charge is -2.09. The normalized spacial score (nSPS) is 11.8. The summed E-state index contributed by atoms with van der Waals surface area (Å²) in [5.74, 6) is -0.492. The van der Waals surface area contributed by atoms with E-state index in [9.17, 15) is 14.3 Å². The standard InChI is InChI=1S/C22H16ClFN2O4/c1-26-21(17-11-16(27)6-8-19(17)30-22(26)28)25-15-5-7-20(18(23)10-15)29-12-13-3-2-4-14(24)9-13/h2-11,27H,12H2,1H3. The number of hydrogen-bond donors (Lipinski definition) is 1. The minimum atomic E-state index is -0.590. The Balaban J connectivity index is 1.70. The van der Waals surface area contributed by atoms with Crippen LogP contribution in [0.15, 0.2) is 74.9 Å². The molecule has 0 atom stereocenters. The molecule has 152 valence electrons. The van der Waals surface area contributed by atoms with Crippen molar-refractivity contribution in [3.05, 3.63) is 93.1 Å². The third kappa shape index (κ3) is 4.06. The van der Waals surface area contributed by atoms with Gasteiger partial charge in [-0.2, -0.15) is 0 Å². The van der Waals surface area contributed by atoms with Gasteiger partial charge >= 0.3 is 5.76 Å². The van der Waals surface area contributed by atoms with E-state index in [1.807, 2.05) is 0 Å². The number of halogens is 2. The molecule has 0 amide bonds. The minimum Gasteiger partial charge on any atom is -0.508 e. The van der Waals surface area contributed by atoms with Crippen molar-refractivity contribution in [2.75, 3.05) is 0 Å². The number of nitrogens with zero attached hydrogens (tertiary/aromatic N) is 2. The fourth-order valence-electron chi connectivity index (χ4n) is 2.93. The number of hydrogen-bond acceptors (Lipinski definition) is 5. The highest BCUT2D eigenvalue weighted by Crippen LogP contribution is 2.29. The number of ether oxygens (including phenoxy) is 1. The molecule has 8 heteroatoms. The molecular formula is C22H16ClFN2O4. The lowest BCUT2D eigenvalue weighted by atomic mass is 10.2. The molecule has 1 aromatic heterocycles. The van der Waals surface area contributed by atoms with E-state index in [0.29, 0.717) is 38.5 Å². The van der Waals surface area contributed by atoms with Crippen molar-refractivity contribution < 1.29 is 18.7 Å². The van der Waals surface area contributed by atoms with Gasteiger partial charge in [-0.1, -0.05) is 23.7 Å². The largest absolute Gasteiger partial charge is 0.508 e. The van der Waals surface area contributed by atoms with E-state index in [-0.39, 0.29) is 18.2 Å². The lowest BCUT2D eigenvalue weighted by molar-refractivity contribution is 0.306. The van der Waals surface area contributed by atoms with Gasteiger partial charge in [0.05, 0.1) is 16.1 Å². The van der Waals surface area contributed by atoms with Crippen molar-refractivity contribution in [2.45, 2.75) is 6.61 Å². The average Bonchev–Trinajstić information content (AvgIpc) is 2.71. The number of phenols is 1. The summed E-state index contributed by atoms with van der Waals surface area (Å²) in [5.41, 5.74) is 1.76. The molecule has 3 aromatic carbocycles. The summed E-state index contributed by atoms with van der Waals surface area (Å²) in [7, 11) is 1.52. The maximum atomic E-state index is 13.3. The van der Waals surface area contributed by atoms with Crippen LogP contribution in [-0.2, 0) is 13.7 Å². The summed E-state index contributed by atoms with van der Waals surface area (Å²) in [6.07, 6.45) is 0. The third-order valence-electron chi connectivity index (χ3n) is 4.43. The SMILES string of the molecule is Cn1c(=O)oc2ccc(O)cc2c1=Nc1ccc(OCc2cccc(F)c2)c(Cl)c1. The van der Waals surface area contributed by atoms with E-state index in [0.717, 1.165) is 0 Å². The summed E-state index contributed by atoms with van der Waals surface area (Å²) in [6, 6.07) is 15.4. The molecular weight excluding hydrogens is 411 g/mol. The second kappa shape index (κ2) is 8.04. The summed E-state index contributed by atoms with van der Waals surface area (Å²) in [5, 5.41) is 10.6. The molecule has 0 saturated heterocycles. The van der Waals surface area contributed by atoms with Crippen LogP contribution in [0.3, 0.4) is 0 Å². The monoisotopic (exact) mass is 426 g/mol. The molecule has 0 unspecified atom stereocenters. The van der Waals surface area contributed by atoms with E-state index in [1.54, 1.807) is 30.3 Å². The molecule has 0 aliphatic heterocycles. The molecule has 1 heterocycles. The van der Waals surface area contributed by atoms with E-state index in [1.165, 1.54) is 41.9 Å². The predicted octanol–water partition coefficient (Wildman–Crippen LogP) is 4.44. The first kappa shape index (κ1) is 19.7. The van der Waals surface area contributed by atoms with Gasteiger partial charge in [-0.15, -0.1) is 0 Å². The van der Waals surface area contributed by atoms with Crippen molar-refractivity contribution in [1.29, 1.82) is 0 Å². The van der Waals surface area contributed by atoms with Crippen LogP contribution in [0.25, 0.3) is 11.0 Å². The van der Waals surface area contributed by atoms with Crippen LogP contribution in [0.2, 0.25) is 5.02 Å². The zero-order valence-corrected chi connectivity index (χ0v) is 16.6. The maximum Gasteiger partial charge on any atom is 0.420 e. The van der Waals surface area contributed by atoms with Gasteiger partial charge in [-0.05, 0) is 54.1 Å². The third-order valence-corrected chi connectivity index (χ3v) is 4.72. The Kier molecular flexibility index (Phi) is 5.29. The molecule has 0 fully saturated rings. The number of phenolic OH excluding ortho intramolecular Hbond substituents is 1. The smallest absolute Gasteiger partial charge is 0.420 e. The van der Waals surface area contributed by atoms with E-state index in [4.69, 9.17) is 20.8 Å². The van der Waals surface area contributed by atoms with Crippen LogP contribution in [0.4, 0.5) is 10.1 Å². The van der Waals surface area contributed by atoms with Gasteiger partial charge in [0.15, 0.2) is 0 Å². The first-order chi connectivity index (χ1) is 14.4. The van der Waals surface area contributed by atoms with Gasteiger partial charge in [0, 0.05) is 7.05 Å². The van der Waals surface area contributed by atoms with Crippen molar-refractivity contribution in [1.82, 2.24) is 4.57 Å². The van der Waals surface area contributed by atoms with Crippen LogP contribution in [0.5, 0.6) is 11.5 Å². The summed E-state index contributed by atoms with van der Waals surface area (Å²) in [4.78, 5) is 16.6. The highest BCUT2D eigenvalue weighted by Gasteiger charge is 2.08. The minimum absolute atomic E-state index is 0.0203. The molecule has 0 bridgehead atoms. The molecule has 30 heavy (non-hydrogen) atoms. The Morgan fingerprint density at radius 1 is 1.17 bits per heavy atom. The van der Waals surface area contributed by atoms with Gasteiger partial charge in [-0.3, -0.25) is 4.57 Å². The molecule has 4 rings (SSSR count). The summed E-state index contributed by atoms with van der Waals surface area (Å²) in [6.45, 7) is 0.159. The van der Waals surface area contributed by atoms with Crippen LogP contribution in [0, 0.1) is 5.82 Å². The van der Waals surface area contributed by atoms with Crippen molar-refractivity contribution in [3.8, 4) is 11.5 Å². The Morgan fingerprint density at radius 2 is 2.00 bits per heavy atom. The Labute approximate surface area is 175 Å². The molecule has 0 aliphatic carbocycles. The quantitative estimate of drug-likeness (QED) is 0.523. The Morgan fingerprint density at radius 3 is 2.77 bits per heavy atom. The highest BCUT2D eigenvalue weighted by molar-refractivity contribution is 6.32. The number of aromatic hydroxyl groups is 1. The topological polar surface area (TPSA) is 77.0 Å². The first-order valence-corrected chi connectivity index (χ1v) is 9.33. The molecule has 4 aromatic rings. The van der Waals surface area contributed by atoms with Crippen LogP contribution < -0.4 is 16.0 Å². The highest BCUT2D eigenvalue weighted by atomic mass is 35.5. The van der Waals surface area contributed by atoms with Crippen LogP contribution in [0.1, 0.15) is 5.56 Å². The van der Waals surface area contributed by atoms with Crippen LogP contribution >= 0.6 is 11.6 Å². The van der Waals surface area contributed by atoms with E-state index < -0.39 is 5.76 Å². The first-order valence-electron chi connectivity index (χ1n) is 8.95. The molecule has 0 aliphatic rings. The second-order valence-electron chi connectivity index (χ2n) is 6.58. The number of aromatic nitrogens is 1. The second-order valence-corrected chi connectivity index (χ2v) is 6.98. The summed E-state index contributed by atoms with van der Waals surface area (Å²) < 4.78 is 25.4. The van der Waals surface area contributed by atoms with Gasteiger partial charge in [0.2, 0.25) is 0 Å². The Bertz CT molecular complexity index is 1380. The van der Waals surface area contributed by atoms with Crippen molar-refractivity contribution >= 4 is 28.3 Å². The maximum absolute atomic E-state index is 13.3. The van der Waals surface area contributed by atoms with Gasteiger partial charge in [0.25, 0.3) is 0 Å². The zero-order valence-electron chi connectivity index (χ0n) is 15.8. The van der Waals surface area contributed by atoms with E-state index in [2.05, 4.69) is 4.99 Å². The molecule has 0 radical (unpaired) electrons. The molecule has 6 nitrogen and oxygen atoms in total. The van der Waals surface area contributed by atoms with Gasteiger partial charge < -0.3 is 14.3 Å². The number of fused-ring (bicyclic) bond motifs is 1. The zero-order chi connectivity index (χ0) is 21.3. The number of rotatable bonds is 4. The van der Waals surface area contributed by atoms with E-state index >= 15 is 0 Å². The molecule has 0 spiro atoms. The average molecular weight is 427 g/mol. The number of benzene rings is 3. The lowest BCUT2D eigenvalue weighted by Crippen LogP contribution is -2.30. The van der Waals surface area contributed by atoms with Gasteiger partial charge in [0.1, 0.15) is 35.0 Å². The predicted molar refractivity (Wildman–Crippen MR) is 111 cm³/mol. The Hall–Kier alpha value is -3.58. The summed E-state index contributed by atoms with van der Waals surface area (Å²) >= 11 is 6.32. The molecule has 1 N–H and O–H groups in total. The molecule has 0 saturated carbocycles.